The van der Waals surface area contributed by atoms with Crippen molar-refractivity contribution in [1.29, 1.82) is 0 Å². The maximum atomic E-state index is 9.97. The average Bonchev–Trinajstić information content (AvgIpc) is 2.71. The van der Waals surface area contributed by atoms with E-state index < -0.39 is 0 Å². The number of rotatable bonds is 10. The second-order valence-corrected chi connectivity index (χ2v) is 9.10. The van der Waals surface area contributed by atoms with Gasteiger partial charge in [0, 0.05) is 44.6 Å². The molecular formula is C23H29Br2N3O2. The minimum Gasteiger partial charge on any atom is -0.507 e. The zero-order chi connectivity index (χ0) is 22.1. The van der Waals surface area contributed by atoms with Crippen LogP contribution >= 0.6 is 31.9 Å². The first kappa shape index (κ1) is 24.6. The Morgan fingerprint density at radius 3 is 1.60 bits per heavy atom. The Balaban J connectivity index is 1.72. The summed E-state index contributed by atoms with van der Waals surface area (Å²) in [7, 11) is 2.10. The number of halogens is 2. The Hall–Kier alpha value is -1.70. The van der Waals surface area contributed by atoms with Crippen molar-refractivity contribution in [3.63, 3.8) is 0 Å². The summed E-state index contributed by atoms with van der Waals surface area (Å²) in [6, 6.07) is 10.7. The van der Waals surface area contributed by atoms with E-state index in [0.29, 0.717) is 0 Å². The van der Waals surface area contributed by atoms with E-state index in [1.54, 1.807) is 12.1 Å². The molecule has 0 aliphatic heterocycles. The van der Waals surface area contributed by atoms with Crippen molar-refractivity contribution in [2.75, 3.05) is 33.2 Å². The third-order valence-electron chi connectivity index (χ3n) is 4.79. The van der Waals surface area contributed by atoms with E-state index in [1.807, 2.05) is 38.1 Å². The standard InChI is InChI=1S/C23H29Br2N3O2/c1-16(20-14-18(24)6-8-22(20)29)26-10-4-12-28(3)13-5-11-27-17(2)21-15-19(25)7-9-23(21)30/h6-9,14-15,29-30H,4-5,10-13H2,1-3H3. The van der Waals surface area contributed by atoms with Crippen LogP contribution in [0.3, 0.4) is 0 Å². The number of phenols is 2. The largest absolute Gasteiger partial charge is 0.507 e. The van der Waals surface area contributed by atoms with Gasteiger partial charge in [-0.2, -0.15) is 0 Å². The lowest BCUT2D eigenvalue weighted by Crippen LogP contribution is -2.22. The van der Waals surface area contributed by atoms with E-state index in [4.69, 9.17) is 0 Å². The molecule has 0 heterocycles. The van der Waals surface area contributed by atoms with Crippen LogP contribution in [0.25, 0.3) is 0 Å². The molecule has 2 N–H and O–H groups in total. The lowest BCUT2D eigenvalue weighted by Gasteiger charge is -2.15. The minimum absolute atomic E-state index is 0.253. The van der Waals surface area contributed by atoms with Gasteiger partial charge in [-0.05, 0) is 83.2 Å². The van der Waals surface area contributed by atoms with E-state index >= 15 is 0 Å². The van der Waals surface area contributed by atoms with Crippen LogP contribution in [0.5, 0.6) is 11.5 Å². The molecular weight excluding hydrogens is 510 g/mol. The molecule has 30 heavy (non-hydrogen) atoms. The van der Waals surface area contributed by atoms with Crippen LogP contribution in [0.15, 0.2) is 55.3 Å². The summed E-state index contributed by atoms with van der Waals surface area (Å²) >= 11 is 6.86. The lowest BCUT2D eigenvalue weighted by atomic mass is 10.1. The molecule has 0 fully saturated rings. The van der Waals surface area contributed by atoms with Crippen LogP contribution in [-0.4, -0.2) is 59.8 Å². The molecule has 0 bridgehead atoms. The Labute approximate surface area is 195 Å². The molecule has 162 valence electrons. The molecule has 0 saturated carbocycles. The Bertz CT molecular complexity index is 840. The number of phenolic OH excluding ortho intramolecular Hbond substituents is 2. The van der Waals surface area contributed by atoms with Crippen molar-refractivity contribution in [3.8, 4) is 11.5 Å². The van der Waals surface area contributed by atoms with Crippen molar-refractivity contribution in [2.45, 2.75) is 26.7 Å². The molecule has 0 aliphatic rings. The number of nitrogens with zero attached hydrogens (tertiary/aromatic N) is 3. The number of aliphatic imine (C=N–C) groups is 2. The van der Waals surface area contributed by atoms with Crippen LogP contribution < -0.4 is 0 Å². The summed E-state index contributed by atoms with van der Waals surface area (Å²) in [5, 5.41) is 19.9. The van der Waals surface area contributed by atoms with Gasteiger partial charge in [0.15, 0.2) is 0 Å². The van der Waals surface area contributed by atoms with E-state index in [0.717, 1.165) is 70.5 Å². The quantitative estimate of drug-likeness (QED) is 0.303. The summed E-state index contributed by atoms with van der Waals surface area (Å²) in [6.07, 6.45) is 1.91. The fourth-order valence-electron chi connectivity index (χ4n) is 3.05. The van der Waals surface area contributed by atoms with Gasteiger partial charge in [-0.1, -0.05) is 31.9 Å². The van der Waals surface area contributed by atoms with Crippen molar-refractivity contribution >= 4 is 43.3 Å². The molecule has 0 spiro atoms. The summed E-state index contributed by atoms with van der Waals surface area (Å²) in [4.78, 5) is 11.5. The number of benzene rings is 2. The van der Waals surface area contributed by atoms with Gasteiger partial charge in [0.1, 0.15) is 11.5 Å². The third-order valence-corrected chi connectivity index (χ3v) is 5.78. The topological polar surface area (TPSA) is 68.4 Å². The molecule has 2 aromatic rings. The minimum atomic E-state index is 0.253. The number of hydrogen-bond donors (Lipinski definition) is 2. The highest BCUT2D eigenvalue weighted by atomic mass is 79.9. The first-order valence-corrected chi connectivity index (χ1v) is 11.5. The Morgan fingerprint density at radius 1 is 0.800 bits per heavy atom. The van der Waals surface area contributed by atoms with Gasteiger partial charge < -0.3 is 15.1 Å². The fraction of sp³-hybridized carbons (Fsp3) is 0.391. The predicted molar refractivity (Wildman–Crippen MR) is 133 cm³/mol. The molecule has 7 heteroatoms. The van der Waals surface area contributed by atoms with Crippen molar-refractivity contribution < 1.29 is 10.2 Å². The highest BCUT2D eigenvalue weighted by Crippen LogP contribution is 2.23. The molecule has 0 aromatic heterocycles. The smallest absolute Gasteiger partial charge is 0.124 e. The molecule has 0 unspecified atom stereocenters. The van der Waals surface area contributed by atoms with E-state index in [-0.39, 0.29) is 11.5 Å². The maximum absolute atomic E-state index is 9.97. The van der Waals surface area contributed by atoms with Gasteiger partial charge in [-0.3, -0.25) is 9.98 Å². The van der Waals surface area contributed by atoms with E-state index in [9.17, 15) is 10.2 Å². The molecule has 5 nitrogen and oxygen atoms in total. The number of aromatic hydroxyl groups is 2. The zero-order valence-corrected chi connectivity index (χ0v) is 20.9. The van der Waals surface area contributed by atoms with Crippen LogP contribution in [0, 0.1) is 0 Å². The van der Waals surface area contributed by atoms with Crippen LogP contribution in [0.4, 0.5) is 0 Å². The number of hydrogen-bond acceptors (Lipinski definition) is 5. The van der Waals surface area contributed by atoms with Gasteiger partial charge in [0.05, 0.1) is 0 Å². The summed E-state index contributed by atoms with van der Waals surface area (Å²) in [6.45, 7) is 7.21. The monoisotopic (exact) mass is 537 g/mol. The van der Waals surface area contributed by atoms with Gasteiger partial charge >= 0.3 is 0 Å². The molecule has 0 radical (unpaired) electrons. The maximum Gasteiger partial charge on any atom is 0.124 e. The van der Waals surface area contributed by atoms with Gasteiger partial charge in [-0.15, -0.1) is 0 Å². The first-order valence-electron chi connectivity index (χ1n) is 9.96. The molecule has 2 rings (SSSR count). The highest BCUT2D eigenvalue weighted by molar-refractivity contribution is 9.10. The molecule has 2 aromatic carbocycles. The van der Waals surface area contributed by atoms with E-state index in [2.05, 4.69) is 53.8 Å². The summed E-state index contributed by atoms with van der Waals surface area (Å²) in [5.74, 6) is 0.507. The van der Waals surface area contributed by atoms with Crippen molar-refractivity contribution in [1.82, 2.24) is 4.90 Å². The van der Waals surface area contributed by atoms with Crippen LogP contribution in [0.1, 0.15) is 37.8 Å². The SMILES string of the molecule is CC(=NCCCN(C)CCCN=C(C)c1cc(Br)ccc1O)c1cc(Br)ccc1O. The molecule has 0 aliphatic carbocycles. The normalized spacial score (nSPS) is 12.6. The van der Waals surface area contributed by atoms with Crippen molar-refractivity contribution in [3.05, 3.63) is 56.5 Å². The van der Waals surface area contributed by atoms with Gasteiger partial charge in [-0.25, -0.2) is 0 Å². The highest BCUT2D eigenvalue weighted by Gasteiger charge is 2.06. The van der Waals surface area contributed by atoms with Crippen LogP contribution in [-0.2, 0) is 0 Å². The molecule has 0 saturated heterocycles. The van der Waals surface area contributed by atoms with Crippen LogP contribution in [0.2, 0.25) is 0 Å². The van der Waals surface area contributed by atoms with Crippen molar-refractivity contribution in [2.24, 2.45) is 9.98 Å². The molecule has 0 atom stereocenters. The second kappa shape index (κ2) is 12.2. The van der Waals surface area contributed by atoms with E-state index in [1.165, 1.54) is 0 Å². The summed E-state index contributed by atoms with van der Waals surface area (Å²) in [5.41, 5.74) is 3.22. The summed E-state index contributed by atoms with van der Waals surface area (Å²) < 4.78 is 1.86. The predicted octanol–water partition coefficient (Wildman–Crippen LogP) is 5.65. The first-order chi connectivity index (χ1) is 14.3. The molecule has 0 amide bonds. The Morgan fingerprint density at radius 2 is 1.20 bits per heavy atom. The Kier molecular flexibility index (Phi) is 10.0. The van der Waals surface area contributed by atoms with Gasteiger partial charge in [0.25, 0.3) is 0 Å². The fourth-order valence-corrected chi connectivity index (χ4v) is 3.78. The second-order valence-electron chi connectivity index (χ2n) is 7.27. The van der Waals surface area contributed by atoms with Gasteiger partial charge in [0.2, 0.25) is 0 Å². The average molecular weight is 539 g/mol. The lowest BCUT2D eigenvalue weighted by molar-refractivity contribution is 0.329. The third kappa shape index (κ3) is 7.85. The zero-order valence-electron chi connectivity index (χ0n) is 17.7.